The molecule has 8 nitrogen and oxygen atoms in total. The van der Waals surface area contributed by atoms with Crippen LogP contribution in [0, 0.1) is 6.92 Å². The Bertz CT molecular complexity index is 1330. The number of halogens is 1. The molecule has 34 heavy (non-hydrogen) atoms. The van der Waals surface area contributed by atoms with Gasteiger partial charge in [-0.25, -0.2) is 14.5 Å². The zero-order chi connectivity index (χ0) is 24.2. The molecule has 4 aromatic rings. The molecule has 0 aliphatic rings. The summed E-state index contributed by atoms with van der Waals surface area (Å²) in [6.07, 6.45) is 0.702. The van der Waals surface area contributed by atoms with Crippen molar-refractivity contribution in [2.24, 2.45) is 0 Å². The van der Waals surface area contributed by atoms with Gasteiger partial charge in [0.25, 0.3) is 0 Å². The first kappa shape index (κ1) is 23.0. The summed E-state index contributed by atoms with van der Waals surface area (Å²) in [6.45, 7) is 3.61. The highest BCUT2D eigenvalue weighted by Crippen LogP contribution is 2.40. The molecule has 1 N–H and O–H groups in total. The standard InChI is InChI=1S/C25H20ClN3O5/c1-3-33-25(32)29(21-7-5-4-6-19(21)26)23-15(2)34-28-22(23)17-10-8-16(9-11-17)20-13-12-18(14-27-20)24(30)31/h4-14H,3H2,1-2H3,(H,30,31). The largest absolute Gasteiger partial charge is 0.478 e. The number of aromatic carboxylic acids is 1. The molecule has 0 saturated carbocycles. The molecule has 0 saturated heterocycles. The van der Waals surface area contributed by atoms with Crippen LogP contribution in [0.4, 0.5) is 16.2 Å². The summed E-state index contributed by atoms with van der Waals surface area (Å²) < 4.78 is 10.8. The first-order chi connectivity index (χ1) is 16.4. The number of carboxylic acids is 1. The third-order valence-electron chi connectivity index (χ3n) is 5.06. The lowest BCUT2D eigenvalue weighted by atomic mass is 10.0. The lowest BCUT2D eigenvalue weighted by molar-refractivity contribution is 0.0696. The fraction of sp³-hybridized carbons (Fsp3) is 0.120. The normalized spacial score (nSPS) is 10.7. The van der Waals surface area contributed by atoms with E-state index in [0.29, 0.717) is 39.1 Å². The van der Waals surface area contributed by atoms with E-state index in [0.717, 1.165) is 5.56 Å². The zero-order valence-electron chi connectivity index (χ0n) is 18.4. The molecule has 0 spiro atoms. The number of benzene rings is 2. The van der Waals surface area contributed by atoms with Gasteiger partial charge in [-0.3, -0.25) is 4.98 Å². The molecule has 9 heteroatoms. The van der Waals surface area contributed by atoms with Crippen molar-refractivity contribution >= 4 is 35.0 Å². The lowest BCUT2D eigenvalue weighted by Crippen LogP contribution is -2.27. The van der Waals surface area contributed by atoms with E-state index in [1.165, 1.54) is 17.2 Å². The molecule has 2 aromatic heterocycles. The first-order valence-corrected chi connectivity index (χ1v) is 10.8. The minimum absolute atomic E-state index is 0.113. The van der Waals surface area contributed by atoms with Crippen molar-refractivity contribution < 1.29 is 24.0 Å². The molecular weight excluding hydrogens is 458 g/mol. The van der Waals surface area contributed by atoms with E-state index < -0.39 is 12.1 Å². The number of aryl methyl sites for hydroxylation is 1. The number of carboxylic acid groups (broad SMARTS) is 1. The van der Waals surface area contributed by atoms with Crippen molar-refractivity contribution in [3.05, 3.63) is 83.2 Å². The minimum Gasteiger partial charge on any atom is -0.478 e. The fourth-order valence-electron chi connectivity index (χ4n) is 3.44. The summed E-state index contributed by atoms with van der Waals surface area (Å²) in [4.78, 5) is 29.6. The number of hydrogen-bond acceptors (Lipinski definition) is 6. The Morgan fingerprint density at radius 3 is 2.38 bits per heavy atom. The van der Waals surface area contributed by atoms with Crippen molar-refractivity contribution in [1.82, 2.24) is 10.1 Å². The maximum atomic E-state index is 13.0. The molecule has 0 unspecified atom stereocenters. The van der Waals surface area contributed by atoms with Crippen LogP contribution in [0.1, 0.15) is 23.0 Å². The van der Waals surface area contributed by atoms with Gasteiger partial charge in [0.15, 0.2) is 5.76 Å². The van der Waals surface area contributed by atoms with Crippen molar-refractivity contribution in [1.29, 1.82) is 0 Å². The quantitative estimate of drug-likeness (QED) is 0.344. The average Bonchev–Trinajstić information content (AvgIpc) is 3.22. The lowest BCUT2D eigenvalue weighted by Gasteiger charge is -2.23. The van der Waals surface area contributed by atoms with Crippen LogP contribution >= 0.6 is 11.6 Å². The van der Waals surface area contributed by atoms with Crippen molar-refractivity contribution in [2.75, 3.05) is 11.5 Å². The highest BCUT2D eigenvalue weighted by atomic mass is 35.5. The number of amides is 1. The van der Waals surface area contributed by atoms with Gasteiger partial charge in [-0.05, 0) is 38.1 Å². The topological polar surface area (TPSA) is 106 Å². The summed E-state index contributed by atoms with van der Waals surface area (Å²) in [7, 11) is 0. The minimum atomic E-state index is -1.03. The van der Waals surface area contributed by atoms with E-state index in [1.54, 1.807) is 44.2 Å². The third kappa shape index (κ3) is 4.49. The van der Waals surface area contributed by atoms with Crippen molar-refractivity contribution in [2.45, 2.75) is 13.8 Å². The van der Waals surface area contributed by atoms with Crippen LogP contribution in [0.15, 0.2) is 71.4 Å². The van der Waals surface area contributed by atoms with Crippen LogP contribution in [-0.4, -0.2) is 33.9 Å². The summed E-state index contributed by atoms with van der Waals surface area (Å²) in [5, 5.41) is 13.6. The summed E-state index contributed by atoms with van der Waals surface area (Å²) in [5.74, 6) is -0.619. The number of aromatic nitrogens is 2. The summed E-state index contributed by atoms with van der Waals surface area (Å²) in [5.41, 5.74) is 3.51. The van der Waals surface area contributed by atoms with Gasteiger partial charge in [0.1, 0.15) is 11.4 Å². The number of rotatable bonds is 6. The predicted octanol–water partition coefficient (Wildman–Crippen LogP) is 6.36. The van der Waals surface area contributed by atoms with Gasteiger partial charge in [0.2, 0.25) is 0 Å². The highest BCUT2D eigenvalue weighted by molar-refractivity contribution is 6.34. The van der Waals surface area contributed by atoms with E-state index in [2.05, 4.69) is 10.1 Å². The van der Waals surface area contributed by atoms with Gasteiger partial charge in [0, 0.05) is 17.3 Å². The number of anilines is 2. The van der Waals surface area contributed by atoms with Crippen molar-refractivity contribution in [3.8, 4) is 22.5 Å². The molecular formula is C25H20ClN3O5. The highest BCUT2D eigenvalue weighted by Gasteiger charge is 2.29. The maximum Gasteiger partial charge on any atom is 0.419 e. The maximum absolute atomic E-state index is 13.0. The van der Waals surface area contributed by atoms with E-state index in [1.807, 2.05) is 24.3 Å². The molecule has 0 aliphatic heterocycles. The van der Waals surface area contributed by atoms with Crippen LogP contribution in [0.2, 0.25) is 5.02 Å². The Labute approximate surface area is 200 Å². The molecule has 0 atom stereocenters. The second-order valence-electron chi connectivity index (χ2n) is 7.24. The summed E-state index contributed by atoms with van der Waals surface area (Å²) in [6, 6.07) is 17.4. The molecule has 2 aromatic carbocycles. The van der Waals surface area contributed by atoms with Gasteiger partial charge in [-0.2, -0.15) is 0 Å². The van der Waals surface area contributed by atoms with Gasteiger partial charge in [-0.1, -0.05) is 53.2 Å². The number of carbonyl (C=O) groups excluding carboxylic acids is 1. The van der Waals surface area contributed by atoms with Crippen LogP contribution in [0.25, 0.3) is 22.5 Å². The fourth-order valence-corrected chi connectivity index (χ4v) is 3.66. The smallest absolute Gasteiger partial charge is 0.419 e. The number of ether oxygens (including phenoxy) is 1. The Morgan fingerprint density at radius 1 is 1.06 bits per heavy atom. The van der Waals surface area contributed by atoms with Crippen LogP contribution in [0.3, 0.4) is 0 Å². The monoisotopic (exact) mass is 477 g/mol. The number of para-hydroxylation sites is 1. The second-order valence-corrected chi connectivity index (χ2v) is 7.64. The van der Waals surface area contributed by atoms with Crippen LogP contribution < -0.4 is 4.90 Å². The van der Waals surface area contributed by atoms with Gasteiger partial charge in [-0.15, -0.1) is 0 Å². The molecule has 0 bridgehead atoms. The number of hydrogen-bond donors (Lipinski definition) is 1. The van der Waals surface area contributed by atoms with Gasteiger partial charge >= 0.3 is 12.1 Å². The van der Waals surface area contributed by atoms with E-state index in [4.69, 9.17) is 26.0 Å². The van der Waals surface area contributed by atoms with Crippen molar-refractivity contribution in [3.63, 3.8) is 0 Å². The molecule has 0 aliphatic carbocycles. The Balaban J connectivity index is 1.75. The zero-order valence-corrected chi connectivity index (χ0v) is 19.1. The second kappa shape index (κ2) is 9.76. The van der Waals surface area contributed by atoms with Gasteiger partial charge in [0.05, 0.1) is 28.6 Å². The molecule has 172 valence electrons. The van der Waals surface area contributed by atoms with Crippen LogP contribution in [0.5, 0.6) is 0 Å². The summed E-state index contributed by atoms with van der Waals surface area (Å²) >= 11 is 6.41. The van der Waals surface area contributed by atoms with E-state index in [-0.39, 0.29) is 12.2 Å². The Kier molecular flexibility index (Phi) is 6.60. The first-order valence-electron chi connectivity index (χ1n) is 10.4. The van der Waals surface area contributed by atoms with Gasteiger partial charge < -0.3 is 14.4 Å². The van der Waals surface area contributed by atoms with E-state index >= 15 is 0 Å². The number of nitrogens with zero attached hydrogens (tertiary/aromatic N) is 3. The predicted molar refractivity (Wildman–Crippen MR) is 127 cm³/mol. The average molecular weight is 478 g/mol. The molecule has 2 heterocycles. The molecule has 0 radical (unpaired) electrons. The Morgan fingerprint density at radius 2 is 1.76 bits per heavy atom. The molecule has 4 rings (SSSR count). The Hall–Kier alpha value is -4.17. The molecule has 1 amide bonds. The van der Waals surface area contributed by atoms with Crippen LogP contribution in [-0.2, 0) is 4.74 Å². The third-order valence-corrected chi connectivity index (χ3v) is 5.38. The molecule has 0 fully saturated rings. The number of pyridine rings is 1. The SMILES string of the molecule is CCOC(=O)N(c1ccccc1Cl)c1c(-c2ccc(-c3ccc(C(=O)O)cn3)cc2)noc1C. The van der Waals surface area contributed by atoms with E-state index in [9.17, 15) is 9.59 Å². The number of carbonyl (C=O) groups is 2.